The van der Waals surface area contributed by atoms with Gasteiger partial charge in [0.25, 0.3) is 0 Å². The first kappa shape index (κ1) is 17.8. The summed E-state index contributed by atoms with van der Waals surface area (Å²) in [6.07, 6.45) is 4.52. The zero-order valence-corrected chi connectivity index (χ0v) is 15.5. The van der Waals surface area contributed by atoms with E-state index in [0.29, 0.717) is 6.54 Å². The smallest absolute Gasteiger partial charge is 0.233 e. The van der Waals surface area contributed by atoms with Gasteiger partial charge in [-0.1, -0.05) is 30.3 Å². The predicted molar refractivity (Wildman–Crippen MR) is 97.7 cm³/mol. The third kappa shape index (κ3) is 4.54. The van der Waals surface area contributed by atoms with Gasteiger partial charge < -0.3 is 14.6 Å². The van der Waals surface area contributed by atoms with E-state index in [4.69, 9.17) is 4.74 Å². The summed E-state index contributed by atoms with van der Waals surface area (Å²) in [7, 11) is 1.64. The molecule has 1 aliphatic heterocycles. The van der Waals surface area contributed by atoms with Crippen LogP contribution in [0, 0.1) is 0 Å². The van der Waals surface area contributed by atoms with Gasteiger partial charge in [-0.05, 0) is 37.5 Å². The standard InChI is InChI=1S/C18H24N4O2S/c1-13(17(23)19-12-14-7-9-15(24-2)10-8-14)25-18-21-20-16-6-4-3-5-11-22(16)18/h7-10,13H,3-6,11-12H2,1-2H3,(H,19,23). The molecule has 0 radical (unpaired) electrons. The van der Waals surface area contributed by atoms with Gasteiger partial charge in [-0.2, -0.15) is 0 Å². The van der Waals surface area contributed by atoms with Gasteiger partial charge >= 0.3 is 0 Å². The van der Waals surface area contributed by atoms with Crippen LogP contribution in [-0.4, -0.2) is 33.0 Å². The first-order valence-corrected chi connectivity index (χ1v) is 9.54. The number of ether oxygens (including phenoxy) is 1. The van der Waals surface area contributed by atoms with E-state index in [0.717, 1.165) is 41.7 Å². The molecular weight excluding hydrogens is 336 g/mol. The number of aryl methyl sites for hydroxylation is 1. The number of benzene rings is 1. The maximum Gasteiger partial charge on any atom is 0.233 e. The van der Waals surface area contributed by atoms with Crippen LogP contribution in [-0.2, 0) is 24.3 Å². The minimum absolute atomic E-state index is 0.00629. The summed E-state index contributed by atoms with van der Waals surface area (Å²) in [5, 5.41) is 12.2. The molecule has 0 saturated heterocycles. The minimum atomic E-state index is -0.213. The first-order chi connectivity index (χ1) is 12.2. The van der Waals surface area contributed by atoms with Gasteiger partial charge in [-0.3, -0.25) is 4.79 Å². The molecule has 1 N–H and O–H groups in total. The lowest BCUT2D eigenvalue weighted by atomic mass is 10.2. The summed E-state index contributed by atoms with van der Waals surface area (Å²) >= 11 is 1.48. The highest BCUT2D eigenvalue weighted by Gasteiger charge is 2.20. The molecule has 0 aliphatic carbocycles. The number of hydrogen-bond donors (Lipinski definition) is 1. The number of rotatable bonds is 6. The van der Waals surface area contributed by atoms with Crippen molar-refractivity contribution in [2.75, 3.05) is 7.11 Å². The molecule has 1 aromatic carbocycles. The fourth-order valence-electron chi connectivity index (χ4n) is 2.83. The second-order valence-corrected chi connectivity index (χ2v) is 7.50. The van der Waals surface area contributed by atoms with Crippen molar-refractivity contribution in [3.05, 3.63) is 35.7 Å². The molecule has 6 nitrogen and oxygen atoms in total. The van der Waals surface area contributed by atoms with E-state index in [9.17, 15) is 4.79 Å². The maximum absolute atomic E-state index is 12.4. The minimum Gasteiger partial charge on any atom is -0.497 e. The Morgan fingerprint density at radius 2 is 2.08 bits per heavy atom. The van der Waals surface area contributed by atoms with Gasteiger partial charge in [0.1, 0.15) is 11.6 Å². The van der Waals surface area contributed by atoms with Crippen LogP contribution >= 0.6 is 11.8 Å². The lowest BCUT2D eigenvalue weighted by molar-refractivity contribution is -0.120. The molecule has 1 amide bonds. The van der Waals surface area contributed by atoms with Crippen molar-refractivity contribution in [1.29, 1.82) is 0 Å². The third-order valence-corrected chi connectivity index (χ3v) is 5.43. The number of nitrogens with one attached hydrogen (secondary N) is 1. The lowest BCUT2D eigenvalue weighted by Crippen LogP contribution is -2.30. The second-order valence-electron chi connectivity index (χ2n) is 6.19. The number of carbonyl (C=O) groups excluding carboxylic acids is 1. The molecule has 3 rings (SSSR count). The summed E-state index contributed by atoms with van der Waals surface area (Å²) in [5.74, 6) is 1.86. The average Bonchev–Trinajstić information content (AvgIpc) is 2.86. The normalized spacial score (nSPS) is 15.1. The van der Waals surface area contributed by atoms with Crippen molar-refractivity contribution in [3.8, 4) is 5.75 Å². The van der Waals surface area contributed by atoms with Crippen LogP contribution in [0.2, 0.25) is 0 Å². The van der Waals surface area contributed by atoms with Crippen LogP contribution in [0.25, 0.3) is 0 Å². The molecule has 134 valence electrons. The molecule has 1 atom stereocenters. The molecule has 7 heteroatoms. The Kier molecular flexibility index (Phi) is 5.96. The van der Waals surface area contributed by atoms with Crippen molar-refractivity contribution in [2.45, 2.75) is 56.1 Å². The molecule has 1 unspecified atom stereocenters. The Labute approximate surface area is 152 Å². The van der Waals surface area contributed by atoms with Gasteiger partial charge in [-0.25, -0.2) is 0 Å². The number of nitrogens with zero attached hydrogens (tertiary/aromatic N) is 3. The second kappa shape index (κ2) is 8.38. The van der Waals surface area contributed by atoms with E-state index in [1.54, 1.807) is 7.11 Å². The molecule has 2 heterocycles. The molecule has 0 bridgehead atoms. The van der Waals surface area contributed by atoms with Crippen molar-refractivity contribution >= 4 is 17.7 Å². The van der Waals surface area contributed by atoms with Gasteiger partial charge in [0, 0.05) is 19.5 Å². The van der Waals surface area contributed by atoms with E-state index >= 15 is 0 Å². The number of amides is 1. The molecule has 0 fully saturated rings. The fraction of sp³-hybridized carbons (Fsp3) is 0.500. The fourth-order valence-corrected chi connectivity index (χ4v) is 3.75. The Morgan fingerprint density at radius 1 is 1.28 bits per heavy atom. The average molecular weight is 360 g/mol. The van der Waals surface area contributed by atoms with Gasteiger partial charge in [0.15, 0.2) is 5.16 Å². The Bertz CT molecular complexity index is 714. The van der Waals surface area contributed by atoms with Crippen LogP contribution < -0.4 is 10.1 Å². The summed E-state index contributed by atoms with van der Waals surface area (Å²) < 4.78 is 7.31. The van der Waals surface area contributed by atoms with Gasteiger partial charge in [-0.15, -0.1) is 10.2 Å². The number of fused-ring (bicyclic) bond motifs is 1. The molecular formula is C18H24N4O2S. The predicted octanol–water partition coefficient (Wildman–Crippen LogP) is 2.81. The van der Waals surface area contributed by atoms with Gasteiger partial charge in [0.2, 0.25) is 5.91 Å². The van der Waals surface area contributed by atoms with Crippen LogP contribution in [0.4, 0.5) is 0 Å². The van der Waals surface area contributed by atoms with Crippen LogP contribution in [0.1, 0.15) is 37.6 Å². The lowest BCUT2D eigenvalue weighted by Gasteiger charge is -2.13. The zero-order valence-electron chi connectivity index (χ0n) is 14.7. The maximum atomic E-state index is 12.4. The summed E-state index contributed by atoms with van der Waals surface area (Å²) in [6, 6.07) is 7.70. The van der Waals surface area contributed by atoms with Crippen molar-refractivity contribution < 1.29 is 9.53 Å². The van der Waals surface area contributed by atoms with Gasteiger partial charge in [0.05, 0.1) is 12.4 Å². The summed E-state index contributed by atoms with van der Waals surface area (Å²) in [6.45, 7) is 3.36. The molecule has 2 aromatic rings. The van der Waals surface area contributed by atoms with Crippen LogP contribution in [0.15, 0.2) is 29.4 Å². The number of methoxy groups -OCH3 is 1. The summed E-state index contributed by atoms with van der Waals surface area (Å²) in [5.41, 5.74) is 1.04. The quantitative estimate of drug-likeness (QED) is 0.802. The number of carbonyl (C=O) groups is 1. The summed E-state index contributed by atoms with van der Waals surface area (Å²) in [4.78, 5) is 12.4. The van der Waals surface area contributed by atoms with E-state index in [1.165, 1.54) is 24.6 Å². The van der Waals surface area contributed by atoms with E-state index in [1.807, 2.05) is 31.2 Å². The van der Waals surface area contributed by atoms with Crippen LogP contribution in [0.3, 0.4) is 0 Å². The number of aromatic nitrogens is 3. The topological polar surface area (TPSA) is 69.0 Å². The highest BCUT2D eigenvalue weighted by molar-refractivity contribution is 8.00. The molecule has 0 saturated carbocycles. The van der Waals surface area contributed by atoms with E-state index in [-0.39, 0.29) is 11.2 Å². The third-order valence-electron chi connectivity index (χ3n) is 4.35. The highest BCUT2D eigenvalue weighted by Crippen LogP contribution is 2.25. The number of thioether (sulfide) groups is 1. The zero-order chi connectivity index (χ0) is 17.6. The van der Waals surface area contributed by atoms with E-state index < -0.39 is 0 Å². The van der Waals surface area contributed by atoms with Crippen molar-refractivity contribution in [2.24, 2.45) is 0 Å². The first-order valence-electron chi connectivity index (χ1n) is 8.67. The molecule has 0 spiro atoms. The van der Waals surface area contributed by atoms with Crippen molar-refractivity contribution in [3.63, 3.8) is 0 Å². The SMILES string of the molecule is COc1ccc(CNC(=O)C(C)Sc2nnc3n2CCCCC3)cc1. The molecule has 1 aromatic heterocycles. The Balaban J connectivity index is 1.54. The van der Waals surface area contributed by atoms with Crippen molar-refractivity contribution in [1.82, 2.24) is 20.1 Å². The Morgan fingerprint density at radius 3 is 2.84 bits per heavy atom. The largest absolute Gasteiger partial charge is 0.497 e. The Hall–Kier alpha value is -2.02. The highest BCUT2D eigenvalue weighted by atomic mass is 32.2. The van der Waals surface area contributed by atoms with E-state index in [2.05, 4.69) is 20.1 Å². The molecule has 25 heavy (non-hydrogen) atoms. The molecule has 1 aliphatic rings. The monoisotopic (exact) mass is 360 g/mol. The number of hydrogen-bond acceptors (Lipinski definition) is 5. The van der Waals surface area contributed by atoms with Crippen LogP contribution in [0.5, 0.6) is 5.75 Å².